The van der Waals surface area contributed by atoms with Crippen LogP contribution in [0.2, 0.25) is 0 Å². The predicted octanol–water partition coefficient (Wildman–Crippen LogP) is 13.3. The van der Waals surface area contributed by atoms with Crippen LogP contribution in [0.1, 0.15) is 49.9 Å². The molecular formula is C48H37NO. The van der Waals surface area contributed by atoms with Crippen molar-refractivity contribution in [2.24, 2.45) is 0 Å². The number of para-hydroxylation sites is 1. The Morgan fingerprint density at radius 1 is 0.440 bits per heavy atom. The number of hydrogen-bond acceptors (Lipinski definition) is 2. The van der Waals surface area contributed by atoms with Crippen LogP contribution in [0.3, 0.4) is 0 Å². The lowest BCUT2D eigenvalue weighted by Gasteiger charge is -2.31. The van der Waals surface area contributed by atoms with Gasteiger partial charge in [-0.3, -0.25) is 0 Å². The molecule has 1 aromatic heterocycles. The van der Waals surface area contributed by atoms with Crippen molar-refractivity contribution in [1.29, 1.82) is 0 Å². The highest BCUT2D eigenvalue weighted by atomic mass is 16.3. The van der Waals surface area contributed by atoms with E-state index in [1.54, 1.807) is 0 Å². The van der Waals surface area contributed by atoms with Gasteiger partial charge in [0.25, 0.3) is 0 Å². The zero-order valence-corrected chi connectivity index (χ0v) is 28.8. The molecule has 0 N–H and O–H groups in total. The van der Waals surface area contributed by atoms with Gasteiger partial charge in [-0.15, -0.1) is 0 Å². The molecule has 0 spiro atoms. The van der Waals surface area contributed by atoms with Crippen LogP contribution in [0.25, 0.3) is 55.3 Å². The van der Waals surface area contributed by atoms with Crippen molar-refractivity contribution in [3.63, 3.8) is 0 Å². The number of anilines is 3. The quantitative estimate of drug-likeness (QED) is 0.190. The van der Waals surface area contributed by atoms with E-state index in [0.717, 1.165) is 33.3 Å². The van der Waals surface area contributed by atoms with Gasteiger partial charge in [-0.25, -0.2) is 0 Å². The smallest absolute Gasteiger partial charge is 0.137 e. The molecule has 0 amide bonds. The van der Waals surface area contributed by atoms with Gasteiger partial charge in [0.05, 0.1) is 16.8 Å². The van der Waals surface area contributed by atoms with E-state index in [9.17, 15) is 0 Å². The highest BCUT2D eigenvalue weighted by molar-refractivity contribution is 6.14. The van der Waals surface area contributed by atoms with E-state index in [1.165, 1.54) is 61.3 Å². The van der Waals surface area contributed by atoms with Gasteiger partial charge in [-0.2, -0.15) is 0 Å². The Morgan fingerprint density at radius 2 is 1.08 bits per heavy atom. The minimum absolute atomic E-state index is 0.111. The lowest BCUT2D eigenvalue weighted by Crippen LogP contribution is -2.17. The minimum Gasteiger partial charge on any atom is -0.456 e. The largest absolute Gasteiger partial charge is 0.456 e. The Balaban J connectivity index is 1.23. The summed E-state index contributed by atoms with van der Waals surface area (Å²) in [6.45, 7) is 9.47. The highest BCUT2D eigenvalue weighted by Gasteiger charge is 2.39. The monoisotopic (exact) mass is 643 g/mol. The van der Waals surface area contributed by atoms with E-state index in [4.69, 9.17) is 4.42 Å². The Hall–Kier alpha value is -5.86. The topological polar surface area (TPSA) is 16.4 Å². The zero-order chi connectivity index (χ0) is 33.8. The van der Waals surface area contributed by atoms with Gasteiger partial charge in [-0.1, -0.05) is 137 Å². The van der Waals surface area contributed by atoms with Crippen LogP contribution < -0.4 is 4.90 Å². The Kier molecular flexibility index (Phi) is 6.01. The maximum atomic E-state index is 6.47. The first-order chi connectivity index (χ1) is 24.3. The summed E-state index contributed by atoms with van der Waals surface area (Å²) in [6, 6.07) is 55.5. The third kappa shape index (κ3) is 3.96. The predicted molar refractivity (Wildman–Crippen MR) is 209 cm³/mol. The molecule has 0 atom stereocenters. The third-order valence-corrected chi connectivity index (χ3v) is 11.5. The maximum Gasteiger partial charge on any atom is 0.137 e. The molecule has 50 heavy (non-hydrogen) atoms. The summed E-state index contributed by atoms with van der Waals surface area (Å²) < 4.78 is 6.47. The van der Waals surface area contributed by atoms with Crippen LogP contribution in [0.15, 0.2) is 156 Å². The standard InChI is InChI=1S/C48H37NO/c1-47(2)37-18-10-8-16-35(37)45-38(47)19-12-20-41(45)49(42-21-13-23-44-46(42)36-17-9-11-22-43(36)50-44)32-25-27-34-33-26-24-31(30-14-6-5-7-15-30)28-39(33)48(3,4)40(34)29-32/h5-29H,1-4H3. The lowest BCUT2D eigenvalue weighted by atomic mass is 9.81. The Bertz CT molecular complexity index is 2660. The molecule has 10 rings (SSSR count). The molecule has 0 unspecified atom stereocenters. The number of furan rings is 1. The zero-order valence-electron chi connectivity index (χ0n) is 28.8. The van der Waals surface area contributed by atoms with E-state index >= 15 is 0 Å². The second kappa shape index (κ2) is 10.3. The van der Waals surface area contributed by atoms with E-state index in [2.05, 4.69) is 184 Å². The molecule has 0 radical (unpaired) electrons. The van der Waals surface area contributed by atoms with E-state index in [0.29, 0.717) is 0 Å². The first kappa shape index (κ1) is 29.1. The number of hydrogen-bond donors (Lipinski definition) is 0. The first-order valence-corrected chi connectivity index (χ1v) is 17.6. The molecule has 7 aromatic carbocycles. The van der Waals surface area contributed by atoms with Crippen molar-refractivity contribution < 1.29 is 4.42 Å². The third-order valence-electron chi connectivity index (χ3n) is 11.5. The summed E-state index contributed by atoms with van der Waals surface area (Å²) in [5, 5.41) is 2.25. The molecule has 0 bridgehead atoms. The summed E-state index contributed by atoms with van der Waals surface area (Å²) >= 11 is 0. The summed E-state index contributed by atoms with van der Waals surface area (Å²) in [4.78, 5) is 2.50. The van der Waals surface area contributed by atoms with Crippen molar-refractivity contribution in [2.75, 3.05) is 4.90 Å². The number of fused-ring (bicyclic) bond motifs is 9. The van der Waals surface area contributed by atoms with Crippen molar-refractivity contribution in [1.82, 2.24) is 0 Å². The number of benzene rings is 7. The molecule has 1 heterocycles. The number of rotatable bonds is 4. The van der Waals surface area contributed by atoms with Crippen LogP contribution in [0, 0.1) is 0 Å². The SMILES string of the molecule is CC1(C)c2cc(-c3ccccc3)ccc2-c2ccc(N(c3cccc4c3-c3ccccc3C4(C)C)c3cccc4oc5ccccc5c34)cc21. The van der Waals surface area contributed by atoms with Crippen LogP contribution in [-0.2, 0) is 10.8 Å². The molecule has 0 saturated carbocycles. The molecule has 0 aliphatic heterocycles. The van der Waals surface area contributed by atoms with Crippen LogP contribution in [-0.4, -0.2) is 0 Å². The first-order valence-electron chi connectivity index (χ1n) is 17.6. The van der Waals surface area contributed by atoms with E-state index in [-0.39, 0.29) is 10.8 Å². The van der Waals surface area contributed by atoms with Gasteiger partial charge < -0.3 is 9.32 Å². The van der Waals surface area contributed by atoms with Gasteiger partial charge in [0.15, 0.2) is 0 Å². The average Bonchev–Trinajstić information content (AvgIpc) is 3.72. The molecule has 240 valence electrons. The summed E-state index contributed by atoms with van der Waals surface area (Å²) in [7, 11) is 0. The maximum absolute atomic E-state index is 6.47. The fourth-order valence-electron chi connectivity index (χ4n) is 8.95. The van der Waals surface area contributed by atoms with Crippen molar-refractivity contribution >= 4 is 39.0 Å². The van der Waals surface area contributed by atoms with Gasteiger partial charge in [0, 0.05) is 27.5 Å². The lowest BCUT2D eigenvalue weighted by molar-refractivity contribution is 0.660. The molecule has 2 heteroatoms. The molecule has 2 aliphatic carbocycles. The van der Waals surface area contributed by atoms with Crippen LogP contribution >= 0.6 is 0 Å². The average molecular weight is 644 g/mol. The van der Waals surface area contributed by atoms with Gasteiger partial charge in [0.1, 0.15) is 11.2 Å². The van der Waals surface area contributed by atoms with Crippen LogP contribution in [0.5, 0.6) is 0 Å². The molecule has 0 fully saturated rings. The van der Waals surface area contributed by atoms with Crippen LogP contribution in [0.4, 0.5) is 17.1 Å². The molecule has 2 aliphatic rings. The van der Waals surface area contributed by atoms with Gasteiger partial charge in [0.2, 0.25) is 0 Å². The van der Waals surface area contributed by atoms with Crippen molar-refractivity contribution in [3.8, 4) is 33.4 Å². The van der Waals surface area contributed by atoms with Crippen molar-refractivity contribution in [2.45, 2.75) is 38.5 Å². The van der Waals surface area contributed by atoms with Gasteiger partial charge >= 0.3 is 0 Å². The van der Waals surface area contributed by atoms with Gasteiger partial charge in [-0.05, 0) is 92.5 Å². The molecular weight excluding hydrogens is 607 g/mol. The highest BCUT2D eigenvalue weighted by Crippen LogP contribution is 2.56. The van der Waals surface area contributed by atoms with E-state index < -0.39 is 0 Å². The normalized spacial score (nSPS) is 14.7. The Morgan fingerprint density at radius 3 is 1.94 bits per heavy atom. The second-order valence-electron chi connectivity index (χ2n) is 14.9. The van der Waals surface area contributed by atoms with E-state index in [1.807, 2.05) is 0 Å². The Labute approximate surface area is 293 Å². The summed E-state index contributed by atoms with van der Waals surface area (Å²) in [5.41, 5.74) is 18.1. The summed E-state index contributed by atoms with van der Waals surface area (Å²) in [5.74, 6) is 0. The summed E-state index contributed by atoms with van der Waals surface area (Å²) in [6.07, 6.45) is 0. The fraction of sp³-hybridized carbons (Fsp3) is 0.125. The molecule has 8 aromatic rings. The number of nitrogens with zero attached hydrogens (tertiary/aromatic N) is 1. The minimum atomic E-state index is -0.182. The second-order valence-corrected chi connectivity index (χ2v) is 14.9. The molecule has 2 nitrogen and oxygen atoms in total. The molecule has 0 saturated heterocycles. The fourth-order valence-corrected chi connectivity index (χ4v) is 8.95. The van der Waals surface area contributed by atoms with Crippen molar-refractivity contribution in [3.05, 3.63) is 174 Å².